The van der Waals surface area contributed by atoms with E-state index in [9.17, 15) is 0 Å². The zero-order chi connectivity index (χ0) is 10.4. The Kier molecular flexibility index (Phi) is 2.04. The summed E-state index contributed by atoms with van der Waals surface area (Å²) in [5, 5.41) is 4.66. The summed E-state index contributed by atoms with van der Waals surface area (Å²) in [6.45, 7) is 5.38. The van der Waals surface area contributed by atoms with E-state index in [-0.39, 0.29) is 0 Å². The molecule has 2 nitrogen and oxygen atoms in total. The van der Waals surface area contributed by atoms with E-state index in [1.807, 2.05) is 0 Å². The monoisotopic (exact) mass is 218 g/mol. The SMILES string of the molecule is Cc1nc2c3c(ccc2s1)C(C)NCC3. The van der Waals surface area contributed by atoms with Crippen LogP contribution in [0.15, 0.2) is 12.1 Å². The highest BCUT2D eigenvalue weighted by Crippen LogP contribution is 2.31. The van der Waals surface area contributed by atoms with Crippen molar-refractivity contribution in [3.63, 3.8) is 0 Å². The Hall–Kier alpha value is -0.930. The van der Waals surface area contributed by atoms with E-state index < -0.39 is 0 Å². The van der Waals surface area contributed by atoms with Gasteiger partial charge in [0.15, 0.2) is 0 Å². The molecule has 0 radical (unpaired) electrons. The van der Waals surface area contributed by atoms with Gasteiger partial charge in [0.1, 0.15) is 0 Å². The minimum atomic E-state index is 0.472. The predicted molar refractivity (Wildman–Crippen MR) is 64.5 cm³/mol. The molecule has 78 valence electrons. The van der Waals surface area contributed by atoms with E-state index in [2.05, 4.69) is 36.3 Å². The number of hydrogen-bond acceptors (Lipinski definition) is 3. The summed E-state index contributed by atoms with van der Waals surface area (Å²) >= 11 is 1.79. The Labute approximate surface area is 93.3 Å². The van der Waals surface area contributed by atoms with E-state index in [0.29, 0.717) is 6.04 Å². The second kappa shape index (κ2) is 3.29. The molecule has 1 atom stereocenters. The molecule has 1 aromatic heterocycles. The van der Waals surface area contributed by atoms with Crippen LogP contribution in [0.2, 0.25) is 0 Å². The third-order valence-electron chi connectivity index (χ3n) is 3.10. The summed E-state index contributed by atoms with van der Waals surface area (Å²) in [4.78, 5) is 4.65. The first kappa shape index (κ1) is 9.31. The molecule has 3 heteroatoms. The first-order valence-corrected chi connectivity index (χ1v) is 6.19. The predicted octanol–water partition coefficient (Wildman–Crippen LogP) is 2.81. The van der Waals surface area contributed by atoms with Gasteiger partial charge in [-0.25, -0.2) is 4.98 Å². The topological polar surface area (TPSA) is 24.9 Å². The second-order valence-corrected chi connectivity index (χ2v) is 5.37. The average molecular weight is 218 g/mol. The fourth-order valence-electron chi connectivity index (χ4n) is 2.37. The van der Waals surface area contributed by atoms with Crippen molar-refractivity contribution in [2.45, 2.75) is 26.3 Å². The molecule has 0 saturated carbocycles. The third kappa shape index (κ3) is 1.38. The molecule has 3 rings (SSSR count). The molecule has 0 amide bonds. The van der Waals surface area contributed by atoms with Crippen LogP contribution < -0.4 is 5.32 Å². The van der Waals surface area contributed by atoms with Crippen LogP contribution in [0.4, 0.5) is 0 Å². The Bertz CT molecular complexity index is 516. The molecule has 2 heterocycles. The van der Waals surface area contributed by atoms with E-state index in [1.165, 1.54) is 26.4 Å². The molecule has 2 aromatic rings. The smallest absolute Gasteiger partial charge is 0.0907 e. The van der Waals surface area contributed by atoms with Gasteiger partial charge in [-0.1, -0.05) is 6.07 Å². The molecule has 1 aliphatic rings. The normalized spacial score (nSPS) is 20.5. The number of nitrogens with one attached hydrogen (secondary N) is 1. The number of benzene rings is 1. The Balaban J connectivity index is 2.32. The van der Waals surface area contributed by atoms with Crippen LogP contribution in [-0.4, -0.2) is 11.5 Å². The highest BCUT2D eigenvalue weighted by Gasteiger charge is 2.19. The molecule has 0 fully saturated rings. The van der Waals surface area contributed by atoms with E-state index >= 15 is 0 Å². The van der Waals surface area contributed by atoms with Gasteiger partial charge in [0.05, 0.1) is 15.2 Å². The lowest BCUT2D eigenvalue weighted by Crippen LogP contribution is -2.27. The average Bonchev–Trinajstić information content (AvgIpc) is 2.59. The standard InChI is InChI=1S/C12H14N2S/c1-7-9-3-4-11-12(14-8(2)15-11)10(9)5-6-13-7/h3-4,7,13H,5-6H2,1-2H3. The van der Waals surface area contributed by atoms with Crippen molar-refractivity contribution in [1.82, 2.24) is 10.3 Å². The van der Waals surface area contributed by atoms with E-state index in [0.717, 1.165) is 13.0 Å². The van der Waals surface area contributed by atoms with Crippen molar-refractivity contribution in [2.24, 2.45) is 0 Å². The number of thiazole rings is 1. The largest absolute Gasteiger partial charge is 0.310 e. The van der Waals surface area contributed by atoms with E-state index in [1.54, 1.807) is 11.3 Å². The van der Waals surface area contributed by atoms with Crippen molar-refractivity contribution in [2.75, 3.05) is 6.54 Å². The molecule has 1 aromatic carbocycles. The Morgan fingerprint density at radius 1 is 1.47 bits per heavy atom. The summed E-state index contributed by atoms with van der Waals surface area (Å²) in [6.07, 6.45) is 1.11. The lowest BCUT2D eigenvalue weighted by atomic mass is 9.94. The van der Waals surface area contributed by atoms with Crippen LogP contribution >= 0.6 is 11.3 Å². The van der Waals surface area contributed by atoms with Crippen molar-refractivity contribution < 1.29 is 0 Å². The van der Waals surface area contributed by atoms with Gasteiger partial charge in [0.25, 0.3) is 0 Å². The Morgan fingerprint density at radius 3 is 3.20 bits per heavy atom. The van der Waals surface area contributed by atoms with Gasteiger partial charge in [0, 0.05) is 6.04 Å². The summed E-state index contributed by atoms with van der Waals surface area (Å²) in [7, 11) is 0. The van der Waals surface area contributed by atoms with Crippen LogP contribution in [0.1, 0.15) is 29.1 Å². The highest BCUT2D eigenvalue weighted by atomic mass is 32.1. The lowest BCUT2D eigenvalue weighted by Gasteiger charge is -2.23. The maximum atomic E-state index is 4.65. The van der Waals surface area contributed by atoms with Crippen molar-refractivity contribution in [3.8, 4) is 0 Å². The zero-order valence-corrected chi connectivity index (χ0v) is 9.82. The van der Waals surface area contributed by atoms with Crippen molar-refractivity contribution in [3.05, 3.63) is 28.3 Å². The van der Waals surface area contributed by atoms with Gasteiger partial charge >= 0.3 is 0 Å². The second-order valence-electron chi connectivity index (χ2n) is 4.14. The molecular formula is C12H14N2S. The number of fused-ring (bicyclic) bond motifs is 3. The molecule has 0 bridgehead atoms. The van der Waals surface area contributed by atoms with Gasteiger partial charge in [-0.15, -0.1) is 11.3 Å². The highest BCUT2D eigenvalue weighted by molar-refractivity contribution is 7.18. The van der Waals surface area contributed by atoms with Gasteiger partial charge in [-0.05, 0) is 44.0 Å². The summed E-state index contributed by atoms with van der Waals surface area (Å²) in [5.74, 6) is 0. The van der Waals surface area contributed by atoms with Gasteiger partial charge in [0.2, 0.25) is 0 Å². The first-order chi connectivity index (χ1) is 7.25. The van der Waals surface area contributed by atoms with Crippen LogP contribution in [0, 0.1) is 6.92 Å². The summed E-state index contributed by atoms with van der Waals surface area (Å²) in [5.41, 5.74) is 4.13. The zero-order valence-electron chi connectivity index (χ0n) is 9.00. The van der Waals surface area contributed by atoms with E-state index in [4.69, 9.17) is 0 Å². The van der Waals surface area contributed by atoms with Crippen LogP contribution in [0.25, 0.3) is 10.2 Å². The van der Waals surface area contributed by atoms with Gasteiger partial charge < -0.3 is 5.32 Å². The third-order valence-corrected chi connectivity index (χ3v) is 4.04. The molecular weight excluding hydrogens is 204 g/mol. The fourth-order valence-corrected chi connectivity index (χ4v) is 3.22. The van der Waals surface area contributed by atoms with Crippen LogP contribution in [-0.2, 0) is 6.42 Å². The quantitative estimate of drug-likeness (QED) is 0.735. The van der Waals surface area contributed by atoms with Crippen LogP contribution in [0.3, 0.4) is 0 Å². The number of aryl methyl sites for hydroxylation is 1. The molecule has 1 aliphatic heterocycles. The fraction of sp³-hybridized carbons (Fsp3) is 0.417. The summed E-state index contributed by atoms with van der Waals surface area (Å²) < 4.78 is 1.33. The minimum Gasteiger partial charge on any atom is -0.310 e. The minimum absolute atomic E-state index is 0.472. The van der Waals surface area contributed by atoms with Crippen LogP contribution in [0.5, 0.6) is 0 Å². The molecule has 0 aliphatic carbocycles. The molecule has 0 saturated heterocycles. The number of aromatic nitrogens is 1. The molecule has 1 unspecified atom stereocenters. The first-order valence-electron chi connectivity index (χ1n) is 5.38. The van der Waals surface area contributed by atoms with Gasteiger partial charge in [-0.2, -0.15) is 0 Å². The molecule has 15 heavy (non-hydrogen) atoms. The molecule has 1 N–H and O–H groups in total. The summed E-state index contributed by atoms with van der Waals surface area (Å²) in [6, 6.07) is 4.94. The maximum absolute atomic E-state index is 4.65. The molecule has 0 spiro atoms. The number of hydrogen-bond donors (Lipinski definition) is 1. The maximum Gasteiger partial charge on any atom is 0.0907 e. The van der Waals surface area contributed by atoms with Gasteiger partial charge in [-0.3, -0.25) is 0 Å². The Morgan fingerprint density at radius 2 is 2.33 bits per heavy atom. The number of nitrogens with zero attached hydrogens (tertiary/aromatic N) is 1. The number of rotatable bonds is 0. The van der Waals surface area contributed by atoms with Crippen molar-refractivity contribution >= 4 is 21.6 Å². The lowest BCUT2D eigenvalue weighted by molar-refractivity contribution is 0.543. The van der Waals surface area contributed by atoms with Crippen molar-refractivity contribution in [1.29, 1.82) is 0 Å².